The lowest BCUT2D eigenvalue weighted by atomic mass is 10.2. The standard InChI is InChI=1S/C21H24N4O5S/c1-4-30-21(27)17-10-11-18(22-14(17)2)20(26)23-15-7-5-8-16(13-15)31(28,29)24-19-9-6-12-25(19)3/h5,7-8,10-11,13H,4,6,9,12H2,1-3H3,(H,23,26)/b24-19-. The van der Waals surface area contributed by atoms with Crippen LogP contribution in [0.2, 0.25) is 0 Å². The Labute approximate surface area is 181 Å². The molecule has 31 heavy (non-hydrogen) atoms. The molecule has 164 valence electrons. The fourth-order valence-corrected chi connectivity index (χ4v) is 4.28. The highest BCUT2D eigenvalue weighted by atomic mass is 32.2. The number of aryl methyl sites for hydroxylation is 1. The van der Waals surface area contributed by atoms with Crippen LogP contribution in [-0.4, -0.2) is 56.2 Å². The first-order valence-corrected chi connectivity index (χ1v) is 11.3. The van der Waals surface area contributed by atoms with Gasteiger partial charge >= 0.3 is 5.97 Å². The van der Waals surface area contributed by atoms with Gasteiger partial charge in [0.1, 0.15) is 11.5 Å². The van der Waals surface area contributed by atoms with Gasteiger partial charge in [-0.1, -0.05) is 6.07 Å². The van der Waals surface area contributed by atoms with E-state index in [4.69, 9.17) is 4.74 Å². The van der Waals surface area contributed by atoms with E-state index in [2.05, 4.69) is 14.7 Å². The second kappa shape index (κ2) is 9.25. The summed E-state index contributed by atoms with van der Waals surface area (Å²) in [5.74, 6) is -0.516. The summed E-state index contributed by atoms with van der Waals surface area (Å²) >= 11 is 0. The third-order valence-electron chi connectivity index (χ3n) is 4.76. The lowest BCUT2D eigenvalue weighted by molar-refractivity contribution is 0.0524. The van der Waals surface area contributed by atoms with E-state index in [-0.39, 0.29) is 22.8 Å². The summed E-state index contributed by atoms with van der Waals surface area (Å²) in [6, 6.07) is 8.78. The molecule has 3 rings (SSSR count). The maximum absolute atomic E-state index is 12.7. The molecule has 0 bridgehead atoms. The summed E-state index contributed by atoms with van der Waals surface area (Å²) in [4.78, 5) is 30.4. The van der Waals surface area contributed by atoms with Gasteiger partial charge in [-0.05, 0) is 50.6 Å². The predicted molar refractivity (Wildman–Crippen MR) is 116 cm³/mol. The van der Waals surface area contributed by atoms with E-state index in [1.807, 2.05) is 4.90 Å². The molecule has 1 aromatic heterocycles. The Morgan fingerprint density at radius 1 is 1.26 bits per heavy atom. The molecule has 0 spiro atoms. The highest BCUT2D eigenvalue weighted by Crippen LogP contribution is 2.20. The second-order valence-corrected chi connectivity index (χ2v) is 8.64. The van der Waals surface area contributed by atoms with Crippen molar-refractivity contribution in [2.24, 2.45) is 4.40 Å². The van der Waals surface area contributed by atoms with Crippen LogP contribution >= 0.6 is 0 Å². The van der Waals surface area contributed by atoms with Gasteiger partial charge in [-0.3, -0.25) is 4.79 Å². The number of sulfonamides is 1. The first-order valence-electron chi connectivity index (χ1n) is 9.82. The Morgan fingerprint density at radius 2 is 2.03 bits per heavy atom. The zero-order valence-electron chi connectivity index (χ0n) is 17.6. The molecule has 10 heteroatoms. The molecule has 0 radical (unpaired) electrons. The minimum atomic E-state index is -3.90. The normalized spacial score (nSPS) is 15.2. The largest absolute Gasteiger partial charge is 0.462 e. The number of likely N-dealkylation sites (tertiary alicyclic amines) is 1. The van der Waals surface area contributed by atoms with Crippen LogP contribution in [-0.2, 0) is 14.8 Å². The van der Waals surface area contributed by atoms with Crippen LogP contribution in [0.15, 0.2) is 45.7 Å². The molecule has 0 saturated carbocycles. The van der Waals surface area contributed by atoms with E-state index in [1.165, 1.54) is 30.3 Å². The van der Waals surface area contributed by atoms with Crippen LogP contribution in [0, 0.1) is 6.92 Å². The average Bonchev–Trinajstić information content (AvgIpc) is 3.12. The minimum Gasteiger partial charge on any atom is -0.462 e. The molecular formula is C21H24N4O5S. The van der Waals surface area contributed by atoms with Gasteiger partial charge in [0, 0.05) is 25.7 Å². The zero-order valence-corrected chi connectivity index (χ0v) is 18.4. The van der Waals surface area contributed by atoms with Crippen molar-refractivity contribution in [2.75, 3.05) is 25.5 Å². The van der Waals surface area contributed by atoms with Crippen LogP contribution < -0.4 is 5.32 Å². The van der Waals surface area contributed by atoms with E-state index in [0.29, 0.717) is 23.6 Å². The van der Waals surface area contributed by atoms with Gasteiger partial charge in [0.25, 0.3) is 15.9 Å². The Kier molecular flexibility index (Phi) is 6.69. The van der Waals surface area contributed by atoms with E-state index >= 15 is 0 Å². The number of amidine groups is 1. The number of carbonyl (C=O) groups excluding carboxylic acids is 2. The van der Waals surface area contributed by atoms with E-state index < -0.39 is 21.9 Å². The molecule has 9 nitrogen and oxygen atoms in total. The third-order valence-corrected chi connectivity index (χ3v) is 6.06. The second-order valence-electron chi connectivity index (χ2n) is 7.04. The zero-order chi connectivity index (χ0) is 22.6. The third kappa shape index (κ3) is 5.26. The number of pyridine rings is 1. The van der Waals surface area contributed by atoms with Crippen LogP contribution in [0.3, 0.4) is 0 Å². The molecule has 0 atom stereocenters. The Bertz CT molecular complexity index is 1140. The smallest absolute Gasteiger partial charge is 0.339 e. The molecule has 1 aliphatic heterocycles. The number of benzene rings is 1. The average molecular weight is 445 g/mol. The van der Waals surface area contributed by atoms with Crippen molar-refractivity contribution < 1.29 is 22.7 Å². The number of anilines is 1. The van der Waals surface area contributed by atoms with Crippen LogP contribution in [0.1, 0.15) is 46.3 Å². The van der Waals surface area contributed by atoms with Crippen molar-refractivity contribution in [1.29, 1.82) is 0 Å². The maximum Gasteiger partial charge on any atom is 0.339 e. The van der Waals surface area contributed by atoms with Gasteiger partial charge in [0.2, 0.25) is 0 Å². The van der Waals surface area contributed by atoms with Gasteiger partial charge in [0.15, 0.2) is 0 Å². The highest BCUT2D eigenvalue weighted by Gasteiger charge is 2.21. The molecule has 0 aliphatic carbocycles. The molecule has 1 aliphatic rings. The summed E-state index contributed by atoms with van der Waals surface area (Å²) in [6.45, 7) is 4.32. The number of carbonyl (C=O) groups is 2. The monoisotopic (exact) mass is 444 g/mol. The molecule has 1 saturated heterocycles. The number of ether oxygens (including phenoxy) is 1. The van der Waals surface area contributed by atoms with Gasteiger partial charge in [-0.2, -0.15) is 8.42 Å². The number of aromatic nitrogens is 1. The van der Waals surface area contributed by atoms with Crippen molar-refractivity contribution in [3.63, 3.8) is 0 Å². The summed E-state index contributed by atoms with van der Waals surface area (Å²) in [5, 5.41) is 2.63. The topological polar surface area (TPSA) is 118 Å². The number of nitrogens with one attached hydrogen (secondary N) is 1. The number of esters is 1. The van der Waals surface area contributed by atoms with Gasteiger partial charge < -0.3 is 15.0 Å². The van der Waals surface area contributed by atoms with Gasteiger partial charge in [0.05, 0.1) is 22.8 Å². The van der Waals surface area contributed by atoms with Crippen LogP contribution in [0.25, 0.3) is 0 Å². The van der Waals surface area contributed by atoms with E-state index in [1.54, 1.807) is 27.0 Å². The summed E-state index contributed by atoms with van der Waals surface area (Å²) in [6.07, 6.45) is 1.47. The molecule has 1 amide bonds. The Balaban J connectivity index is 1.79. The summed E-state index contributed by atoms with van der Waals surface area (Å²) < 4.78 is 34.2. The van der Waals surface area contributed by atoms with Crippen molar-refractivity contribution in [1.82, 2.24) is 9.88 Å². The summed E-state index contributed by atoms with van der Waals surface area (Å²) in [5.41, 5.74) is 1.02. The minimum absolute atomic E-state index is 0.0140. The molecule has 1 aromatic carbocycles. The first-order chi connectivity index (χ1) is 14.7. The molecule has 2 aromatic rings. The fourth-order valence-electron chi connectivity index (χ4n) is 3.14. The van der Waals surface area contributed by atoms with Gasteiger partial charge in [-0.25, -0.2) is 9.78 Å². The number of amides is 1. The van der Waals surface area contributed by atoms with E-state index in [0.717, 1.165) is 13.0 Å². The number of nitrogens with zero attached hydrogens (tertiary/aromatic N) is 3. The Morgan fingerprint density at radius 3 is 2.68 bits per heavy atom. The Hall–Kier alpha value is -3.27. The number of hydrogen-bond acceptors (Lipinski definition) is 6. The lowest BCUT2D eigenvalue weighted by Crippen LogP contribution is -2.20. The fraction of sp³-hybridized carbons (Fsp3) is 0.333. The molecule has 1 fully saturated rings. The molecule has 2 heterocycles. The highest BCUT2D eigenvalue weighted by molar-refractivity contribution is 7.90. The van der Waals surface area contributed by atoms with Gasteiger partial charge in [-0.15, -0.1) is 4.40 Å². The van der Waals surface area contributed by atoms with Crippen molar-refractivity contribution in [3.05, 3.63) is 53.3 Å². The van der Waals surface area contributed by atoms with Crippen molar-refractivity contribution in [2.45, 2.75) is 31.6 Å². The van der Waals surface area contributed by atoms with Crippen LogP contribution in [0.5, 0.6) is 0 Å². The predicted octanol–water partition coefficient (Wildman–Crippen LogP) is 2.63. The SMILES string of the molecule is CCOC(=O)c1ccc(C(=O)Nc2cccc(S(=O)(=O)/N=C3/CCCN3C)c2)nc1C. The van der Waals surface area contributed by atoms with E-state index in [9.17, 15) is 18.0 Å². The molecular weight excluding hydrogens is 420 g/mol. The quantitative estimate of drug-likeness (QED) is 0.681. The molecule has 0 unspecified atom stereocenters. The number of hydrogen-bond donors (Lipinski definition) is 1. The summed E-state index contributed by atoms with van der Waals surface area (Å²) in [7, 11) is -2.09. The van der Waals surface area contributed by atoms with Crippen molar-refractivity contribution in [3.8, 4) is 0 Å². The van der Waals surface area contributed by atoms with Crippen LogP contribution in [0.4, 0.5) is 5.69 Å². The van der Waals surface area contributed by atoms with Crippen molar-refractivity contribution >= 4 is 33.4 Å². The lowest BCUT2D eigenvalue weighted by Gasteiger charge is -2.11. The molecule has 1 N–H and O–H groups in total. The first kappa shape index (κ1) is 22.4. The number of rotatable bonds is 6. The maximum atomic E-state index is 12.7.